The molecule has 5 nitrogen and oxygen atoms in total. The molecule has 2 amide bonds. The van der Waals surface area contributed by atoms with Gasteiger partial charge in [-0.1, -0.05) is 23.2 Å². The first kappa shape index (κ1) is 16.9. The van der Waals surface area contributed by atoms with E-state index >= 15 is 0 Å². The van der Waals surface area contributed by atoms with Crippen LogP contribution in [-0.2, 0) is 0 Å². The fraction of sp³-hybridized carbons (Fsp3) is 0.333. The van der Waals surface area contributed by atoms with E-state index in [1.54, 1.807) is 11.8 Å². The normalized spacial score (nSPS) is 10.2. The van der Waals surface area contributed by atoms with Gasteiger partial charge in [0.25, 0.3) is 0 Å². The minimum absolute atomic E-state index is 0.0333. The Bertz CT molecular complexity index is 512. The van der Waals surface area contributed by atoms with Gasteiger partial charge in [0.1, 0.15) is 0 Å². The average molecular weight is 337 g/mol. The number of halogens is 2. The number of carboxylic acids is 1. The van der Waals surface area contributed by atoms with E-state index in [2.05, 4.69) is 10.6 Å². The largest absolute Gasteiger partial charge is 0.478 e. The van der Waals surface area contributed by atoms with Crippen molar-refractivity contribution >= 4 is 52.7 Å². The van der Waals surface area contributed by atoms with Gasteiger partial charge in [0, 0.05) is 11.6 Å². The minimum Gasteiger partial charge on any atom is -0.478 e. The van der Waals surface area contributed by atoms with Gasteiger partial charge in [0.05, 0.1) is 16.3 Å². The summed E-state index contributed by atoms with van der Waals surface area (Å²) in [6.07, 6.45) is 2.81. The van der Waals surface area contributed by atoms with Crippen molar-refractivity contribution in [2.75, 3.05) is 23.9 Å². The highest BCUT2D eigenvalue weighted by atomic mass is 35.5. The molecular formula is C12H14Cl2N2O3S. The second-order valence-electron chi connectivity index (χ2n) is 3.84. The van der Waals surface area contributed by atoms with Crippen LogP contribution in [0.5, 0.6) is 0 Å². The van der Waals surface area contributed by atoms with Gasteiger partial charge in [-0.05, 0) is 30.6 Å². The topological polar surface area (TPSA) is 78.4 Å². The summed E-state index contributed by atoms with van der Waals surface area (Å²) in [7, 11) is 0. The summed E-state index contributed by atoms with van der Waals surface area (Å²) >= 11 is 13.3. The molecule has 0 spiro atoms. The number of hydrogen-bond donors (Lipinski definition) is 3. The highest BCUT2D eigenvalue weighted by Crippen LogP contribution is 2.30. The van der Waals surface area contributed by atoms with Crippen LogP contribution in [0.3, 0.4) is 0 Å². The average Bonchev–Trinajstić information content (AvgIpc) is 2.37. The quantitative estimate of drug-likeness (QED) is 0.694. The molecule has 20 heavy (non-hydrogen) atoms. The lowest BCUT2D eigenvalue weighted by Gasteiger charge is -2.12. The number of aromatic carboxylic acids is 1. The zero-order valence-electron chi connectivity index (χ0n) is 10.7. The van der Waals surface area contributed by atoms with Crippen molar-refractivity contribution in [2.45, 2.75) is 6.42 Å². The third-order valence-electron chi connectivity index (χ3n) is 2.33. The number of carboxylic acid groups (broad SMARTS) is 1. The Morgan fingerprint density at radius 3 is 2.65 bits per heavy atom. The molecule has 3 N–H and O–H groups in total. The molecule has 110 valence electrons. The van der Waals surface area contributed by atoms with E-state index < -0.39 is 12.0 Å². The first-order valence-electron chi connectivity index (χ1n) is 5.71. The molecule has 0 bridgehead atoms. The van der Waals surface area contributed by atoms with Crippen molar-refractivity contribution < 1.29 is 14.7 Å². The van der Waals surface area contributed by atoms with Crippen LogP contribution >= 0.6 is 35.0 Å². The monoisotopic (exact) mass is 336 g/mol. The highest BCUT2D eigenvalue weighted by Gasteiger charge is 2.17. The van der Waals surface area contributed by atoms with Gasteiger partial charge in [0.2, 0.25) is 0 Å². The SMILES string of the molecule is CSCCCNC(=O)Nc1c(Cl)cc(Cl)cc1C(=O)O. The maximum absolute atomic E-state index is 11.7. The molecule has 0 aliphatic rings. The molecule has 1 aromatic carbocycles. The standard InChI is InChI=1S/C12H14Cl2N2O3S/c1-20-4-2-3-15-12(19)16-10-8(11(17)18)5-7(13)6-9(10)14/h5-6H,2-4H2,1H3,(H,17,18)(H2,15,16,19). The second-order valence-corrected chi connectivity index (χ2v) is 5.67. The molecule has 0 saturated heterocycles. The van der Waals surface area contributed by atoms with Gasteiger partial charge in [-0.3, -0.25) is 0 Å². The lowest BCUT2D eigenvalue weighted by Crippen LogP contribution is -2.30. The van der Waals surface area contributed by atoms with Crippen LogP contribution in [0, 0.1) is 0 Å². The van der Waals surface area contributed by atoms with Gasteiger partial charge in [-0.15, -0.1) is 0 Å². The Morgan fingerprint density at radius 1 is 1.35 bits per heavy atom. The number of nitrogens with one attached hydrogen (secondary N) is 2. The van der Waals surface area contributed by atoms with E-state index in [-0.39, 0.29) is 21.3 Å². The Balaban J connectivity index is 2.76. The van der Waals surface area contributed by atoms with Crippen LogP contribution in [-0.4, -0.2) is 35.7 Å². The smallest absolute Gasteiger partial charge is 0.337 e. The van der Waals surface area contributed by atoms with Crippen LogP contribution in [0.25, 0.3) is 0 Å². The van der Waals surface area contributed by atoms with Crippen molar-refractivity contribution in [1.82, 2.24) is 5.32 Å². The van der Waals surface area contributed by atoms with Crippen molar-refractivity contribution in [3.8, 4) is 0 Å². The zero-order chi connectivity index (χ0) is 15.1. The van der Waals surface area contributed by atoms with Crippen molar-refractivity contribution in [3.05, 3.63) is 27.7 Å². The summed E-state index contributed by atoms with van der Waals surface area (Å²) in [5, 5.41) is 14.4. The lowest BCUT2D eigenvalue weighted by molar-refractivity contribution is 0.0698. The second kappa shape index (κ2) is 8.24. The predicted octanol–water partition coefficient (Wildman–Crippen LogP) is 3.57. The van der Waals surface area contributed by atoms with Crippen molar-refractivity contribution in [3.63, 3.8) is 0 Å². The molecule has 0 radical (unpaired) electrons. The van der Waals surface area contributed by atoms with Crippen LogP contribution in [0.2, 0.25) is 10.0 Å². The van der Waals surface area contributed by atoms with Crippen molar-refractivity contribution in [2.24, 2.45) is 0 Å². The molecule has 0 fully saturated rings. The van der Waals surface area contributed by atoms with E-state index in [1.165, 1.54) is 12.1 Å². The maximum Gasteiger partial charge on any atom is 0.337 e. The number of carbonyl (C=O) groups excluding carboxylic acids is 1. The fourth-order valence-electron chi connectivity index (χ4n) is 1.45. The Kier molecular flexibility index (Phi) is 6.98. The molecule has 1 aromatic rings. The van der Waals surface area contributed by atoms with Crippen LogP contribution in [0.4, 0.5) is 10.5 Å². The number of hydrogen-bond acceptors (Lipinski definition) is 3. The molecule has 0 unspecified atom stereocenters. The van der Waals surface area contributed by atoms with Crippen molar-refractivity contribution in [1.29, 1.82) is 0 Å². The Morgan fingerprint density at radius 2 is 2.05 bits per heavy atom. The third-order valence-corrected chi connectivity index (χ3v) is 3.55. The molecule has 0 aliphatic heterocycles. The van der Waals surface area contributed by atoms with E-state index in [9.17, 15) is 9.59 Å². The van der Waals surface area contributed by atoms with Crippen LogP contribution < -0.4 is 10.6 Å². The first-order valence-corrected chi connectivity index (χ1v) is 7.86. The number of thioether (sulfide) groups is 1. The minimum atomic E-state index is -1.22. The van der Waals surface area contributed by atoms with E-state index in [0.717, 1.165) is 12.2 Å². The number of anilines is 1. The van der Waals surface area contributed by atoms with Gasteiger partial charge >= 0.3 is 12.0 Å². The molecule has 0 heterocycles. The van der Waals surface area contributed by atoms with Gasteiger partial charge < -0.3 is 15.7 Å². The maximum atomic E-state index is 11.7. The molecule has 0 aliphatic carbocycles. The number of urea groups is 1. The number of amides is 2. The molecule has 1 rings (SSSR count). The first-order chi connectivity index (χ1) is 9.45. The molecule has 0 atom stereocenters. The Hall–Kier alpha value is -1.11. The zero-order valence-corrected chi connectivity index (χ0v) is 13.0. The summed E-state index contributed by atoms with van der Waals surface area (Å²) in [6, 6.07) is 2.11. The highest BCUT2D eigenvalue weighted by molar-refractivity contribution is 7.98. The van der Waals surface area contributed by atoms with Gasteiger partial charge in [-0.25, -0.2) is 9.59 Å². The van der Waals surface area contributed by atoms with E-state index in [0.29, 0.717) is 6.54 Å². The number of carbonyl (C=O) groups is 2. The lowest BCUT2D eigenvalue weighted by atomic mass is 10.2. The Labute approximate surface area is 131 Å². The van der Waals surface area contributed by atoms with E-state index in [4.69, 9.17) is 28.3 Å². The van der Waals surface area contributed by atoms with Crippen LogP contribution in [0.1, 0.15) is 16.8 Å². The summed E-state index contributed by atoms with van der Waals surface area (Å²) in [6.45, 7) is 0.500. The van der Waals surface area contributed by atoms with Crippen LogP contribution in [0.15, 0.2) is 12.1 Å². The summed E-state index contributed by atoms with van der Waals surface area (Å²) in [5.41, 5.74) is -0.118. The summed E-state index contributed by atoms with van der Waals surface area (Å²) < 4.78 is 0. The molecule has 8 heteroatoms. The fourth-order valence-corrected chi connectivity index (χ4v) is 2.42. The summed E-state index contributed by atoms with van der Waals surface area (Å²) in [4.78, 5) is 22.8. The van der Waals surface area contributed by atoms with Gasteiger partial charge in [-0.2, -0.15) is 11.8 Å². The summed E-state index contributed by atoms with van der Waals surface area (Å²) in [5.74, 6) is -0.283. The number of benzene rings is 1. The third kappa shape index (κ3) is 5.11. The van der Waals surface area contributed by atoms with Gasteiger partial charge in [0.15, 0.2) is 0 Å². The number of rotatable bonds is 6. The predicted molar refractivity (Wildman–Crippen MR) is 83.4 cm³/mol. The molecular weight excluding hydrogens is 323 g/mol. The van der Waals surface area contributed by atoms with E-state index in [1.807, 2.05) is 6.26 Å². The molecule has 0 aromatic heterocycles. The molecule has 0 saturated carbocycles.